The van der Waals surface area contributed by atoms with E-state index >= 15 is 0 Å². The zero-order valence-corrected chi connectivity index (χ0v) is 16.1. The molecule has 0 bridgehead atoms. The van der Waals surface area contributed by atoms with Crippen molar-refractivity contribution in [3.05, 3.63) is 82.8 Å². The van der Waals surface area contributed by atoms with Crippen LogP contribution in [0.2, 0.25) is 0 Å². The van der Waals surface area contributed by atoms with Gasteiger partial charge in [-0.2, -0.15) is 0 Å². The highest BCUT2D eigenvalue weighted by Gasteiger charge is 2.18. The molecule has 4 aromatic rings. The summed E-state index contributed by atoms with van der Waals surface area (Å²) in [5, 5.41) is 3.31. The van der Waals surface area contributed by atoms with E-state index in [-0.39, 0.29) is 18.0 Å². The molecule has 1 N–H and O–H groups in total. The van der Waals surface area contributed by atoms with Crippen molar-refractivity contribution < 1.29 is 9.53 Å². The van der Waals surface area contributed by atoms with Gasteiger partial charge in [0.25, 0.3) is 5.56 Å². The Hall–Kier alpha value is -3.87. The molecule has 0 unspecified atom stereocenters. The SMILES string of the molecule is COc1ccc(NC(=O)Cn2c3ncccc3c(=O)n2-c2ccc(C)cc2)cc1. The molecule has 146 valence electrons. The fourth-order valence-electron chi connectivity index (χ4n) is 3.19. The zero-order chi connectivity index (χ0) is 20.4. The Morgan fingerprint density at radius 2 is 1.79 bits per heavy atom. The first-order valence-electron chi connectivity index (χ1n) is 9.14. The highest BCUT2D eigenvalue weighted by molar-refractivity contribution is 5.91. The van der Waals surface area contributed by atoms with Gasteiger partial charge in [0.1, 0.15) is 12.3 Å². The number of carbonyl (C=O) groups is 1. The lowest BCUT2D eigenvalue weighted by molar-refractivity contribution is -0.116. The average molecular weight is 388 g/mol. The number of benzene rings is 2. The maximum absolute atomic E-state index is 13.0. The van der Waals surface area contributed by atoms with E-state index in [2.05, 4.69) is 10.3 Å². The predicted octanol–water partition coefficient (Wildman–Crippen LogP) is 3.14. The van der Waals surface area contributed by atoms with E-state index in [9.17, 15) is 9.59 Å². The number of rotatable bonds is 5. The number of hydrogen-bond acceptors (Lipinski definition) is 4. The number of aryl methyl sites for hydroxylation is 1. The van der Waals surface area contributed by atoms with Gasteiger partial charge in [0.2, 0.25) is 5.91 Å². The van der Waals surface area contributed by atoms with Crippen LogP contribution in [0.4, 0.5) is 5.69 Å². The number of nitrogens with zero attached hydrogens (tertiary/aromatic N) is 3. The van der Waals surface area contributed by atoms with E-state index in [0.29, 0.717) is 28.2 Å². The van der Waals surface area contributed by atoms with Crippen LogP contribution in [0.15, 0.2) is 71.7 Å². The minimum Gasteiger partial charge on any atom is -0.497 e. The molecule has 0 saturated carbocycles. The highest BCUT2D eigenvalue weighted by atomic mass is 16.5. The second kappa shape index (κ2) is 7.63. The van der Waals surface area contributed by atoms with Gasteiger partial charge in [-0.25, -0.2) is 9.67 Å². The number of methoxy groups -OCH3 is 1. The van der Waals surface area contributed by atoms with Crippen molar-refractivity contribution in [1.82, 2.24) is 14.3 Å². The summed E-state index contributed by atoms with van der Waals surface area (Å²) in [5.41, 5.74) is 2.65. The lowest BCUT2D eigenvalue weighted by atomic mass is 10.2. The summed E-state index contributed by atoms with van der Waals surface area (Å²) in [6.07, 6.45) is 1.61. The third kappa shape index (κ3) is 3.62. The van der Waals surface area contributed by atoms with E-state index in [1.165, 1.54) is 4.68 Å². The van der Waals surface area contributed by atoms with Gasteiger partial charge in [0.05, 0.1) is 18.2 Å². The molecule has 0 fully saturated rings. The summed E-state index contributed by atoms with van der Waals surface area (Å²) >= 11 is 0. The second-order valence-corrected chi connectivity index (χ2v) is 6.66. The number of aromatic nitrogens is 3. The van der Waals surface area contributed by atoms with Crippen molar-refractivity contribution >= 4 is 22.6 Å². The quantitative estimate of drug-likeness (QED) is 0.570. The van der Waals surface area contributed by atoms with Gasteiger partial charge in [-0.1, -0.05) is 17.7 Å². The summed E-state index contributed by atoms with van der Waals surface area (Å²) in [5.74, 6) is 0.440. The zero-order valence-electron chi connectivity index (χ0n) is 16.1. The minimum absolute atomic E-state index is 0.0599. The Morgan fingerprint density at radius 1 is 1.07 bits per heavy atom. The van der Waals surface area contributed by atoms with Crippen LogP contribution < -0.4 is 15.6 Å². The molecule has 29 heavy (non-hydrogen) atoms. The summed E-state index contributed by atoms with van der Waals surface area (Å²) in [6.45, 7) is 1.92. The third-order valence-corrected chi connectivity index (χ3v) is 4.64. The topological polar surface area (TPSA) is 78.2 Å². The van der Waals surface area contributed by atoms with Crippen LogP contribution in [0.25, 0.3) is 16.7 Å². The molecule has 7 heteroatoms. The van der Waals surface area contributed by atoms with Crippen LogP contribution in [0.5, 0.6) is 5.75 Å². The van der Waals surface area contributed by atoms with E-state index in [0.717, 1.165) is 5.56 Å². The summed E-state index contributed by atoms with van der Waals surface area (Å²) < 4.78 is 8.22. The standard InChI is InChI=1S/C22H20N4O3/c1-15-5-9-17(10-6-15)26-22(28)19-4-3-13-23-21(19)25(26)14-20(27)24-16-7-11-18(29-2)12-8-16/h3-13H,14H2,1-2H3,(H,24,27). The lowest BCUT2D eigenvalue weighted by Gasteiger charge is -2.13. The Bertz CT molecular complexity index is 1220. The Morgan fingerprint density at radius 3 is 2.48 bits per heavy atom. The minimum atomic E-state index is -0.265. The van der Waals surface area contributed by atoms with E-state index in [1.807, 2.05) is 31.2 Å². The van der Waals surface area contributed by atoms with Gasteiger partial charge in [-0.3, -0.25) is 14.3 Å². The summed E-state index contributed by atoms with van der Waals surface area (Å²) in [6, 6.07) is 18.0. The second-order valence-electron chi connectivity index (χ2n) is 6.66. The van der Waals surface area contributed by atoms with Crippen molar-refractivity contribution in [2.75, 3.05) is 12.4 Å². The largest absolute Gasteiger partial charge is 0.497 e. The highest BCUT2D eigenvalue weighted by Crippen LogP contribution is 2.17. The number of hydrogen-bond donors (Lipinski definition) is 1. The van der Waals surface area contributed by atoms with Gasteiger partial charge in [-0.05, 0) is 55.5 Å². The molecule has 0 atom stereocenters. The first-order valence-corrected chi connectivity index (χ1v) is 9.14. The molecule has 0 aliphatic heterocycles. The van der Waals surface area contributed by atoms with Gasteiger partial charge < -0.3 is 10.1 Å². The fourth-order valence-corrected chi connectivity index (χ4v) is 3.19. The molecule has 2 aromatic carbocycles. The Labute approximate surface area is 167 Å². The van der Waals surface area contributed by atoms with Crippen molar-refractivity contribution in [2.45, 2.75) is 13.5 Å². The van der Waals surface area contributed by atoms with Crippen LogP contribution in [0.3, 0.4) is 0 Å². The smallest absolute Gasteiger partial charge is 0.280 e. The van der Waals surface area contributed by atoms with Crippen molar-refractivity contribution in [1.29, 1.82) is 0 Å². The number of amides is 1. The van der Waals surface area contributed by atoms with Crippen LogP contribution in [0.1, 0.15) is 5.56 Å². The van der Waals surface area contributed by atoms with Crippen molar-refractivity contribution in [3.8, 4) is 11.4 Å². The monoisotopic (exact) mass is 388 g/mol. The molecule has 2 aromatic heterocycles. The molecule has 4 rings (SSSR count). The fraction of sp³-hybridized carbons (Fsp3) is 0.136. The molecule has 0 saturated heterocycles. The first kappa shape index (κ1) is 18.5. The lowest BCUT2D eigenvalue weighted by Crippen LogP contribution is -2.27. The Kier molecular flexibility index (Phi) is 4.87. The van der Waals surface area contributed by atoms with E-state index < -0.39 is 0 Å². The first-order chi connectivity index (χ1) is 14.1. The van der Waals surface area contributed by atoms with Crippen molar-refractivity contribution in [3.63, 3.8) is 0 Å². The van der Waals surface area contributed by atoms with Crippen LogP contribution >= 0.6 is 0 Å². The van der Waals surface area contributed by atoms with Gasteiger partial charge in [0, 0.05) is 11.9 Å². The number of fused-ring (bicyclic) bond motifs is 1. The third-order valence-electron chi connectivity index (χ3n) is 4.64. The molecular formula is C22H20N4O3. The molecule has 0 spiro atoms. The Balaban J connectivity index is 1.72. The predicted molar refractivity (Wildman–Crippen MR) is 112 cm³/mol. The molecule has 2 heterocycles. The maximum atomic E-state index is 13.0. The van der Waals surface area contributed by atoms with Crippen LogP contribution in [-0.4, -0.2) is 27.4 Å². The molecule has 0 aliphatic rings. The van der Waals surface area contributed by atoms with E-state index in [4.69, 9.17) is 4.74 Å². The molecule has 0 aliphatic carbocycles. The number of anilines is 1. The average Bonchev–Trinajstić information content (AvgIpc) is 3.01. The van der Waals surface area contributed by atoms with Gasteiger partial charge >= 0.3 is 0 Å². The molecule has 0 radical (unpaired) electrons. The molecule has 1 amide bonds. The molecular weight excluding hydrogens is 368 g/mol. The number of pyridine rings is 1. The number of carbonyl (C=O) groups excluding carboxylic acids is 1. The molecule has 7 nitrogen and oxygen atoms in total. The van der Waals surface area contributed by atoms with Crippen molar-refractivity contribution in [2.24, 2.45) is 0 Å². The normalized spacial score (nSPS) is 10.8. The summed E-state index contributed by atoms with van der Waals surface area (Å²) in [7, 11) is 1.59. The van der Waals surface area contributed by atoms with E-state index in [1.54, 1.807) is 54.4 Å². The van der Waals surface area contributed by atoms with Crippen LogP contribution in [-0.2, 0) is 11.3 Å². The maximum Gasteiger partial charge on any atom is 0.280 e. The van der Waals surface area contributed by atoms with Crippen LogP contribution in [0, 0.1) is 6.92 Å². The van der Waals surface area contributed by atoms with Gasteiger partial charge in [0.15, 0.2) is 5.65 Å². The number of ether oxygens (including phenoxy) is 1. The van der Waals surface area contributed by atoms with Gasteiger partial charge in [-0.15, -0.1) is 0 Å². The number of nitrogens with one attached hydrogen (secondary N) is 1. The summed E-state index contributed by atoms with van der Waals surface area (Å²) in [4.78, 5) is 30.1.